The third kappa shape index (κ3) is 2.83. The second-order valence-electron chi connectivity index (χ2n) is 5.43. The molecule has 3 atom stereocenters. The lowest BCUT2D eigenvalue weighted by atomic mass is 10.1. The van der Waals surface area contributed by atoms with E-state index in [2.05, 4.69) is 0 Å². The van der Waals surface area contributed by atoms with E-state index < -0.39 is 30.6 Å². The number of esters is 1. The largest absolute Gasteiger partial charge is 0.465 e. The molecular weight excluding hydrogens is 331 g/mol. The molecule has 1 aliphatic rings. The number of benzene rings is 1. The van der Waals surface area contributed by atoms with Crippen molar-refractivity contribution in [3.63, 3.8) is 0 Å². The quantitative estimate of drug-likeness (QED) is 0.385. The highest BCUT2D eigenvalue weighted by molar-refractivity contribution is 7.57. The molecule has 1 fully saturated rings. The summed E-state index contributed by atoms with van der Waals surface area (Å²) in [7, 11) is -3.90. The fourth-order valence-corrected chi connectivity index (χ4v) is 5.89. The van der Waals surface area contributed by atoms with Gasteiger partial charge in [0.2, 0.25) is 0 Å². The summed E-state index contributed by atoms with van der Waals surface area (Å²) in [5, 5.41) is -1.61. The Morgan fingerprint density at radius 1 is 1.12 bits per heavy atom. The van der Waals surface area contributed by atoms with Crippen molar-refractivity contribution in [2.24, 2.45) is 5.92 Å². The Morgan fingerprint density at radius 3 is 2.17 bits per heavy atom. The van der Waals surface area contributed by atoms with E-state index in [1.165, 1.54) is 0 Å². The molecule has 0 spiro atoms. The van der Waals surface area contributed by atoms with Crippen LogP contribution in [-0.4, -0.2) is 37.2 Å². The SMILES string of the molecule is CCOC(=O)[C@]1(P(=O)(OCC)OCC)[C@H](C=O)[C@H]1c1ccccc1. The van der Waals surface area contributed by atoms with Gasteiger partial charge in [0.05, 0.1) is 25.7 Å². The first-order chi connectivity index (χ1) is 11.5. The van der Waals surface area contributed by atoms with E-state index in [4.69, 9.17) is 13.8 Å². The molecule has 0 bridgehead atoms. The van der Waals surface area contributed by atoms with Crippen LogP contribution in [0.1, 0.15) is 32.3 Å². The number of carbonyl (C=O) groups excluding carboxylic acids is 2. The molecule has 132 valence electrons. The molecular formula is C17H23O6P. The Balaban J connectivity index is 2.58. The molecule has 0 amide bonds. The van der Waals surface area contributed by atoms with E-state index in [0.717, 1.165) is 5.56 Å². The van der Waals surface area contributed by atoms with Crippen LogP contribution in [0, 0.1) is 5.92 Å². The Kier molecular flexibility index (Phi) is 5.97. The smallest absolute Gasteiger partial charge is 0.349 e. The normalized spacial score (nSPS) is 26.0. The highest BCUT2D eigenvalue weighted by atomic mass is 31.2. The number of hydrogen-bond acceptors (Lipinski definition) is 6. The molecule has 0 radical (unpaired) electrons. The lowest BCUT2D eigenvalue weighted by molar-refractivity contribution is -0.145. The molecule has 0 aromatic heterocycles. The number of hydrogen-bond donors (Lipinski definition) is 0. The highest BCUT2D eigenvalue weighted by Gasteiger charge is 2.82. The summed E-state index contributed by atoms with van der Waals surface area (Å²) in [5.41, 5.74) is 0.738. The van der Waals surface area contributed by atoms with Crippen LogP contribution in [0.3, 0.4) is 0 Å². The zero-order chi connectivity index (χ0) is 17.8. The molecule has 24 heavy (non-hydrogen) atoms. The van der Waals surface area contributed by atoms with Crippen LogP contribution in [0.15, 0.2) is 30.3 Å². The van der Waals surface area contributed by atoms with Crippen LogP contribution in [0.4, 0.5) is 0 Å². The Labute approximate surface area is 142 Å². The molecule has 1 aliphatic carbocycles. The van der Waals surface area contributed by atoms with Crippen LogP contribution in [-0.2, 0) is 27.9 Å². The van der Waals surface area contributed by atoms with Gasteiger partial charge in [-0.05, 0) is 26.3 Å². The Morgan fingerprint density at radius 2 is 1.71 bits per heavy atom. The molecule has 2 rings (SSSR count). The number of carbonyl (C=O) groups is 2. The van der Waals surface area contributed by atoms with Crippen molar-refractivity contribution in [3.05, 3.63) is 35.9 Å². The molecule has 1 aromatic carbocycles. The fourth-order valence-electron chi connectivity index (χ4n) is 3.27. The minimum atomic E-state index is -3.90. The summed E-state index contributed by atoms with van der Waals surface area (Å²) >= 11 is 0. The van der Waals surface area contributed by atoms with Gasteiger partial charge >= 0.3 is 13.6 Å². The summed E-state index contributed by atoms with van der Waals surface area (Å²) in [6.07, 6.45) is 0.652. The number of aldehydes is 1. The summed E-state index contributed by atoms with van der Waals surface area (Å²) in [6.45, 7) is 5.32. The Bertz CT molecular complexity index is 621. The zero-order valence-electron chi connectivity index (χ0n) is 14.1. The van der Waals surface area contributed by atoms with E-state index in [1.54, 1.807) is 45.0 Å². The van der Waals surface area contributed by atoms with Crippen molar-refractivity contribution < 1.29 is 27.9 Å². The van der Waals surface area contributed by atoms with Crippen LogP contribution >= 0.6 is 7.60 Å². The van der Waals surface area contributed by atoms with Crippen LogP contribution in [0.5, 0.6) is 0 Å². The minimum absolute atomic E-state index is 0.103. The molecule has 1 aromatic rings. The van der Waals surface area contributed by atoms with E-state index in [-0.39, 0.29) is 19.8 Å². The average molecular weight is 354 g/mol. The van der Waals surface area contributed by atoms with Gasteiger partial charge in [0.1, 0.15) is 6.29 Å². The van der Waals surface area contributed by atoms with Crippen molar-refractivity contribution in [1.82, 2.24) is 0 Å². The van der Waals surface area contributed by atoms with E-state index >= 15 is 0 Å². The Hall–Kier alpha value is -1.49. The first-order valence-corrected chi connectivity index (χ1v) is 9.64. The minimum Gasteiger partial charge on any atom is -0.465 e. The second kappa shape index (κ2) is 7.60. The highest BCUT2D eigenvalue weighted by Crippen LogP contribution is 2.79. The molecule has 0 saturated heterocycles. The number of rotatable bonds is 9. The van der Waals surface area contributed by atoms with Crippen LogP contribution in [0.25, 0.3) is 0 Å². The maximum absolute atomic E-state index is 13.5. The lowest BCUT2D eigenvalue weighted by Gasteiger charge is -2.26. The fraction of sp³-hybridized carbons (Fsp3) is 0.529. The number of ether oxygens (including phenoxy) is 1. The van der Waals surface area contributed by atoms with Crippen LogP contribution in [0.2, 0.25) is 0 Å². The topological polar surface area (TPSA) is 78.9 Å². The molecule has 7 heteroatoms. The standard InChI is InChI=1S/C17H23O6P/c1-4-21-16(19)17(24(20,22-5-2)23-6-3)14(12-18)15(17)13-10-8-7-9-11-13/h7-12,14-15H,4-6H2,1-3H3/t14-,15-,17+/m1/s1. The third-order valence-corrected chi connectivity index (χ3v) is 7.05. The summed E-state index contributed by atoms with van der Waals surface area (Å²) in [6, 6.07) is 9.03. The predicted molar refractivity (Wildman–Crippen MR) is 89.0 cm³/mol. The third-order valence-electron chi connectivity index (χ3n) is 4.19. The first-order valence-electron chi connectivity index (χ1n) is 8.10. The van der Waals surface area contributed by atoms with E-state index in [9.17, 15) is 14.2 Å². The second-order valence-corrected chi connectivity index (χ2v) is 7.68. The molecule has 6 nitrogen and oxygen atoms in total. The van der Waals surface area contributed by atoms with Gasteiger partial charge in [0, 0.05) is 5.92 Å². The molecule has 1 saturated carbocycles. The van der Waals surface area contributed by atoms with Gasteiger partial charge in [-0.2, -0.15) is 0 Å². The zero-order valence-corrected chi connectivity index (χ0v) is 15.0. The van der Waals surface area contributed by atoms with Crippen LogP contribution < -0.4 is 0 Å². The van der Waals surface area contributed by atoms with E-state index in [1.807, 2.05) is 6.07 Å². The van der Waals surface area contributed by atoms with Gasteiger partial charge in [-0.1, -0.05) is 30.3 Å². The maximum Gasteiger partial charge on any atom is 0.349 e. The van der Waals surface area contributed by atoms with Gasteiger partial charge < -0.3 is 18.6 Å². The molecule has 0 unspecified atom stereocenters. The molecule has 0 heterocycles. The average Bonchev–Trinajstić information content (AvgIpc) is 3.27. The van der Waals surface area contributed by atoms with Gasteiger partial charge in [0.25, 0.3) is 0 Å². The summed E-state index contributed by atoms with van der Waals surface area (Å²) in [5.74, 6) is -2.09. The molecule has 0 aliphatic heterocycles. The molecule has 0 N–H and O–H groups in total. The first kappa shape index (κ1) is 18.8. The van der Waals surface area contributed by atoms with Gasteiger partial charge in [-0.15, -0.1) is 0 Å². The monoisotopic (exact) mass is 354 g/mol. The summed E-state index contributed by atoms with van der Waals surface area (Å²) < 4.78 is 29.5. The van der Waals surface area contributed by atoms with Crippen molar-refractivity contribution >= 4 is 19.9 Å². The van der Waals surface area contributed by atoms with Crippen molar-refractivity contribution in [2.45, 2.75) is 31.8 Å². The summed E-state index contributed by atoms with van der Waals surface area (Å²) in [4.78, 5) is 24.5. The lowest BCUT2D eigenvalue weighted by Crippen LogP contribution is -2.31. The van der Waals surface area contributed by atoms with Crippen molar-refractivity contribution in [1.29, 1.82) is 0 Å². The van der Waals surface area contributed by atoms with Gasteiger partial charge in [-0.25, -0.2) is 0 Å². The van der Waals surface area contributed by atoms with Crippen molar-refractivity contribution in [2.75, 3.05) is 19.8 Å². The van der Waals surface area contributed by atoms with Gasteiger partial charge in [0.15, 0.2) is 5.16 Å². The van der Waals surface area contributed by atoms with Crippen molar-refractivity contribution in [3.8, 4) is 0 Å². The van der Waals surface area contributed by atoms with Gasteiger partial charge in [-0.3, -0.25) is 9.36 Å². The predicted octanol–water partition coefficient (Wildman–Crippen LogP) is 3.17. The maximum atomic E-state index is 13.5. The van der Waals surface area contributed by atoms with E-state index in [0.29, 0.717) is 6.29 Å².